The molecule has 0 aromatic heterocycles. The molecule has 0 unspecified atom stereocenters. The van der Waals surface area contributed by atoms with Crippen molar-refractivity contribution in [1.82, 2.24) is 20.4 Å². The minimum Gasteiger partial charge on any atom is -0.390 e. The van der Waals surface area contributed by atoms with Crippen molar-refractivity contribution < 1.29 is 19.5 Å². The van der Waals surface area contributed by atoms with Gasteiger partial charge in [0.15, 0.2) is 0 Å². The third kappa shape index (κ3) is 9.53. The maximum absolute atomic E-state index is 14.1. The molecule has 1 heterocycles. The van der Waals surface area contributed by atoms with Crippen LogP contribution in [0.5, 0.6) is 0 Å². The van der Waals surface area contributed by atoms with Gasteiger partial charge in [-0.15, -0.1) is 0 Å². The van der Waals surface area contributed by atoms with Gasteiger partial charge in [-0.05, 0) is 98.4 Å². The maximum atomic E-state index is 14.1. The van der Waals surface area contributed by atoms with Gasteiger partial charge in [0.05, 0.1) is 18.2 Å². The van der Waals surface area contributed by atoms with Gasteiger partial charge < -0.3 is 20.6 Å². The van der Waals surface area contributed by atoms with Crippen LogP contribution in [0.25, 0.3) is 10.8 Å². The number of carbonyl (C=O) groups is 3. The van der Waals surface area contributed by atoms with Crippen LogP contribution >= 0.6 is 0 Å². The molecule has 1 saturated heterocycles. The number of rotatable bonds is 11. The number of nitrogens with zero attached hydrogens (tertiary/aromatic N) is 2. The smallest absolute Gasteiger partial charge is 0.253 e. The Balaban J connectivity index is 1.21. The molecule has 4 aromatic carbocycles. The first-order valence-corrected chi connectivity index (χ1v) is 19.3. The first-order valence-electron chi connectivity index (χ1n) is 19.3. The number of aliphatic hydroxyl groups is 1. The maximum Gasteiger partial charge on any atom is 0.253 e. The van der Waals surface area contributed by atoms with E-state index in [2.05, 4.69) is 33.7 Å². The van der Waals surface area contributed by atoms with Gasteiger partial charge in [0, 0.05) is 43.3 Å². The van der Waals surface area contributed by atoms with Crippen molar-refractivity contribution in [2.24, 2.45) is 11.8 Å². The Morgan fingerprint density at radius 1 is 0.906 bits per heavy atom. The zero-order valence-electron chi connectivity index (χ0n) is 32.0. The number of amides is 3. The van der Waals surface area contributed by atoms with Crippen LogP contribution in [0.4, 0.5) is 0 Å². The van der Waals surface area contributed by atoms with Gasteiger partial charge in [0.1, 0.15) is 0 Å². The predicted octanol–water partition coefficient (Wildman–Crippen LogP) is 6.92. The Morgan fingerprint density at radius 3 is 2.36 bits per heavy atom. The number of aliphatic hydroxyl groups excluding tert-OH is 1. The molecule has 0 spiro atoms. The first-order chi connectivity index (χ1) is 25.4. The second-order valence-corrected chi connectivity index (χ2v) is 16.4. The van der Waals surface area contributed by atoms with Crippen LogP contribution in [0.2, 0.25) is 0 Å². The molecule has 0 bridgehead atoms. The number of likely N-dealkylation sites (tertiary alicyclic amines) is 1. The summed E-state index contributed by atoms with van der Waals surface area (Å²) in [6.45, 7) is 9.29. The van der Waals surface area contributed by atoms with Gasteiger partial charge in [-0.3, -0.25) is 19.3 Å². The Kier molecular flexibility index (Phi) is 12.0. The van der Waals surface area contributed by atoms with Crippen LogP contribution in [-0.4, -0.2) is 76.5 Å². The Morgan fingerprint density at radius 2 is 1.60 bits per heavy atom. The highest BCUT2D eigenvalue weighted by molar-refractivity contribution is 6.01. The summed E-state index contributed by atoms with van der Waals surface area (Å²) in [5.41, 5.74) is 3.22. The molecule has 280 valence electrons. The van der Waals surface area contributed by atoms with Crippen molar-refractivity contribution in [3.8, 4) is 0 Å². The number of nitrogens with one attached hydrogen (secondary N) is 2. The Bertz CT molecular complexity index is 1900. The van der Waals surface area contributed by atoms with Crippen molar-refractivity contribution in [2.75, 3.05) is 20.1 Å². The van der Waals surface area contributed by atoms with Crippen molar-refractivity contribution in [3.63, 3.8) is 0 Å². The van der Waals surface area contributed by atoms with E-state index in [4.69, 9.17) is 0 Å². The molecule has 1 aliphatic carbocycles. The minimum absolute atomic E-state index is 0.0000978. The van der Waals surface area contributed by atoms with Crippen LogP contribution in [0.1, 0.15) is 90.3 Å². The van der Waals surface area contributed by atoms with Crippen LogP contribution in [0, 0.1) is 18.8 Å². The van der Waals surface area contributed by atoms with Crippen molar-refractivity contribution in [1.29, 1.82) is 0 Å². The number of fused-ring (bicyclic) bond motifs is 2. The second kappa shape index (κ2) is 16.6. The second-order valence-electron chi connectivity index (χ2n) is 16.4. The molecular formula is C45H56N4O4. The van der Waals surface area contributed by atoms with Gasteiger partial charge >= 0.3 is 0 Å². The Labute approximate surface area is 315 Å². The highest BCUT2D eigenvalue weighted by atomic mass is 16.3. The topological polar surface area (TPSA) is 102 Å². The molecule has 1 saturated carbocycles. The number of benzene rings is 4. The van der Waals surface area contributed by atoms with Gasteiger partial charge in [0.25, 0.3) is 11.8 Å². The largest absolute Gasteiger partial charge is 0.390 e. The van der Waals surface area contributed by atoms with Crippen molar-refractivity contribution >= 4 is 28.5 Å². The van der Waals surface area contributed by atoms with E-state index in [1.54, 1.807) is 24.1 Å². The summed E-state index contributed by atoms with van der Waals surface area (Å²) < 4.78 is 0. The van der Waals surface area contributed by atoms with E-state index in [-0.39, 0.29) is 35.8 Å². The summed E-state index contributed by atoms with van der Waals surface area (Å²) >= 11 is 0. The fourth-order valence-corrected chi connectivity index (χ4v) is 8.37. The van der Waals surface area contributed by atoms with Crippen LogP contribution < -0.4 is 10.6 Å². The lowest BCUT2D eigenvalue weighted by Crippen LogP contribution is -2.60. The van der Waals surface area contributed by atoms with E-state index >= 15 is 0 Å². The zero-order chi connectivity index (χ0) is 37.7. The molecule has 2 aliphatic rings. The lowest BCUT2D eigenvalue weighted by atomic mass is 9.72. The SMILES string of the molecule is Cc1ccc(C(=O)N(C)Cc2cccc3ccccc23)cc1C(=O)N[C@@H](Cc1ccccc1)[C@@H](O)CN1C[C@H]2CCCC[C@H]2C[C@H]1C(=O)NC(C)(C)C. The molecule has 2 fully saturated rings. The average Bonchev–Trinajstić information content (AvgIpc) is 3.14. The number of hydrogen-bond donors (Lipinski definition) is 3. The molecule has 8 heteroatoms. The van der Waals surface area contributed by atoms with Gasteiger partial charge in [-0.25, -0.2) is 0 Å². The molecule has 0 radical (unpaired) electrons. The molecule has 53 heavy (non-hydrogen) atoms. The number of β-amino-alcohol motifs (C(OH)–C–C–N with tert-alkyl or cyclic N) is 1. The lowest BCUT2D eigenvalue weighted by Gasteiger charge is -2.47. The number of aryl methyl sites for hydroxylation is 1. The molecule has 4 aromatic rings. The molecular weight excluding hydrogens is 661 g/mol. The van der Waals surface area contributed by atoms with E-state index in [1.807, 2.05) is 88.4 Å². The van der Waals surface area contributed by atoms with E-state index in [1.165, 1.54) is 12.8 Å². The van der Waals surface area contributed by atoms with Gasteiger partial charge in [-0.2, -0.15) is 0 Å². The predicted molar refractivity (Wildman–Crippen MR) is 212 cm³/mol. The van der Waals surface area contributed by atoms with Crippen LogP contribution in [0.15, 0.2) is 91.0 Å². The lowest BCUT2D eigenvalue weighted by molar-refractivity contribution is -0.132. The number of carbonyl (C=O) groups excluding carboxylic acids is 3. The van der Waals surface area contributed by atoms with E-state index < -0.39 is 12.1 Å². The first kappa shape index (κ1) is 38.2. The highest BCUT2D eigenvalue weighted by Gasteiger charge is 2.42. The quantitative estimate of drug-likeness (QED) is 0.157. The third-order valence-electron chi connectivity index (χ3n) is 11.2. The van der Waals surface area contributed by atoms with Gasteiger partial charge in [0.2, 0.25) is 5.91 Å². The van der Waals surface area contributed by atoms with Crippen molar-refractivity contribution in [2.45, 2.75) is 96.5 Å². The highest BCUT2D eigenvalue weighted by Crippen LogP contribution is 2.39. The monoisotopic (exact) mass is 716 g/mol. The van der Waals surface area contributed by atoms with E-state index in [9.17, 15) is 19.5 Å². The Hall–Kier alpha value is -4.53. The molecule has 5 atom stereocenters. The molecule has 3 N–H and O–H groups in total. The average molecular weight is 717 g/mol. The van der Waals surface area contributed by atoms with Crippen LogP contribution in [0.3, 0.4) is 0 Å². The third-order valence-corrected chi connectivity index (χ3v) is 11.2. The number of piperidine rings is 1. The molecule has 3 amide bonds. The fraction of sp³-hybridized carbons (Fsp3) is 0.444. The van der Waals surface area contributed by atoms with Crippen molar-refractivity contribution in [3.05, 3.63) is 119 Å². The molecule has 1 aliphatic heterocycles. The summed E-state index contributed by atoms with van der Waals surface area (Å²) in [5.74, 6) is 0.482. The zero-order valence-corrected chi connectivity index (χ0v) is 32.0. The number of hydrogen-bond acceptors (Lipinski definition) is 5. The summed E-state index contributed by atoms with van der Waals surface area (Å²) in [6, 6.07) is 28.4. The fourth-order valence-electron chi connectivity index (χ4n) is 8.37. The summed E-state index contributed by atoms with van der Waals surface area (Å²) in [7, 11) is 1.78. The van der Waals surface area contributed by atoms with Gasteiger partial charge in [-0.1, -0.05) is 98.1 Å². The minimum atomic E-state index is -0.943. The van der Waals surface area contributed by atoms with E-state index in [0.717, 1.165) is 53.3 Å². The summed E-state index contributed by atoms with van der Waals surface area (Å²) in [6.07, 6.45) is 4.94. The standard InChI is InChI=1S/C45H56N4O4/c1-30-22-23-34(44(53)48(5)27-36-20-13-19-32-16-11-12-21-37(32)36)25-38(30)42(51)46-39(24-31-14-7-6-8-15-31)41(50)29-49-28-35-18-10-9-17-33(35)26-40(49)43(52)47-45(2,3)4/h6-8,11-16,19-23,25,33,35,39-41,50H,9-10,17-18,24,26-29H2,1-5H3,(H,46,51)(H,47,52)/t33-,35+,39-,40-,41-/m0/s1. The summed E-state index contributed by atoms with van der Waals surface area (Å²) in [4.78, 5) is 45.4. The summed E-state index contributed by atoms with van der Waals surface area (Å²) in [5, 5.41) is 20.6. The van der Waals surface area contributed by atoms with Crippen LogP contribution in [-0.2, 0) is 17.8 Å². The molecule has 8 nitrogen and oxygen atoms in total. The normalized spacial score (nSPS) is 20.2. The van der Waals surface area contributed by atoms with E-state index in [0.29, 0.717) is 35.9 Å². The molecule has 6 rings (SSSR count).